The van der Waals surface area contributed by atoms with Crippen LogP contribution in [0.3, 0.4) is 0 Å². The zero-order valence-corrected chi connectivity index (χ0v) is 26.3. The summed E-state index contributed by atoms with van der Waals surface area (Å²) in [4.78, 5) is 7.43. The van der Waals surface area contributed by atoms with Gasteiger partial charge in [0, 0.05) is 28.1 Å². The fraction of sp³-hybridized carbons (Fsp3) is 0.0444. The van der Waals surface area contributed by atoms with E-state index in [1.165, 1.54) is 27.6 Å². The second kappa shape index (κ2) is 11.9. The Morgan fingerprint density at radius 1 is 0.562 bits per heavy atom. The van der Waals surface area contributed by atoms with Crippen LogP contribution in [0, 0.1) is 0 Å². The van der Waals surface area contributed by atoms with Gasteiger partial charge in [0.25, 0.3) is 0 Å². The summed E-state index contributed by atoms with van der Waals surface area (Å²) in [6.45, 7) is 0. The molecule has 2 heterocycles. The highest BCUT2D eigenvalue weighted by atomic mass is 16.3. The molecule has 3 nitrogen and oxygen atoms in total. The van der Waals surface area contributed by atoms with E-state index in [4.69, 9.17) is 9.40 Å². The summed E-state index contributed by atoms with van der Waals surface area (Å²) < 4.78 is 6.44. The first-order chi connectivity index (χ1) is 23.8. The lowest BCUT2D eigenvalue weighted by Gasteiger charge is -2.26. The molecule has 228 valence electrons. The van der Waals surface area contributed by atoms with E-state index in [1.54, 1.807) is 0 Å². The Morgan fingerprint density at radius 2 is 1.25 bits per heavy atom. The van der Waals surface area contributed by atoms with Gasteiger partial charge in [0.1, 0.15) is 11.4 Å². The van der Waals surface area contributed by atoms with E-state index >= 15 is 0 Å². The lowest BCUT2D eigenvalue weighted by molar-refractivity contribution is 0.655. The second-order valence-electron chi connectivity index (χ2n) is 12.4. The number of anilines is 3. The van der Waals surface area contributed by atoms with E-state index in [2.05, 4.69) is 181 Å². The molecule has 1 aliphatic carbocycles. The summed E-state index contributed by atoms with van der Waals surface area (Å²) in [5.74, 6) is 1.18. The van der Waals surface area contributed by atoms with Crippen molar-refractivity contribution in [3.05, 3.63) is 182 Å². The van der Waals surface area contributed by atoms with E-state index in [1.807, 2.05) is 0 Å². The Hall–Kier alpha value is -6.19. The number of hydrogen-bond acceptors (Lipinski definition) is 3. The van der Waals surface area contributed by atoms with Gasteiger partial charge in [-0.05, 0) is 93.5 Å². The molecule has 6 aromatic carbocycles. The van der Waals surface area contributed by atoms with E-state index in [9.17, 15) is 0 Å². The fourth-order valence-electron chi connectivity index (χ4n) is 6.97. The second-order valence-corrected chi connectivity index (χ2v) is 12.4. The third-order valence-electron chi connectivity index (χ3n) is 9.41. The quantitative estimate of drug-likeness (QED) is 0.186. The van der Waals surface area contributed by atoms with E-state index in [0.29, 0.717) is 11.6 Å². The van der Waals surface area contributed by atoms with Gasteiger partial charge in [-0.15, -0.1) is 0 Å². The molecule has 0 N–H and O–H groups in total. The normalized spacial score (nSPS) is 14.2. The van der Waals surface area contributed by atoms with Crippen LogP contribution in [0.1, 0.15) is 17.9 Å². The van der Waals surface area contributed by atoms with Crippen LogP contribution >= 0.6 is 0 Å². The van der Waals surface area contributed by atoms with Crippen LogP contribution in [0.5, 0.6) is 0 Å². The van der Waals surface area contributed by atoms with Crippen LogP contribution in [0.25, 0.3) is 55.1 Å². The summed E-state index contributed by atoms with van der Waals surface area (Å²) in [5, 5.41) is 4.43. The Morgan fingerprint density at radius 3 is 1.98 bits per heavy atom. The number of fused-ring (bicyclic) bond motifs is 4. The topological polar surface area (TPSA) is 29.3 Å². The number of hydrogen-bond donors (Lipinski definition) is 0. The fourth-order valence-corrected chi connectivity index (χ4v) is 6.97. The van der Waals surface area contributed by atoms with Gasteiger partial charge in [-0.1, -0.05) is 127 Å². The highest BCUT2D eigenvalue weighted by Gasteiger charge is 2.20. The summed E-state index contributed by atoms with van der Waals surface area (Å²) in [6.07, 6.45) is 9.80. The molecule has 0 saturated heterocycles. The Labute approximate surface area is 279 Å². The smallest absolute Gasteiger partial charge is 0.229 e. The maximum Gasteiger partial charge on any atom is 0.229 e. The van der Waals surface area contributed by atoms with Crippen molar-refractivity contribution in [2.75, 3.05) is 4.90 Å². The van der Waals surface area contributed by atoms with Crippen LogP contribution in [-0.4, -0.2) is 4.98 Å². The highest BCUT2D eigenvalue weighted by molar-refractivity contribution is 6.09. The molecule has 0 aliphatic heterocycles. The average Bonchev–Trinajstić information content (AvgIpc) is 3.52. The molecule has 2 aromatic heterocycles. The van der Waals surface area contributed by atoms with Crippen LogP contribution in [-0.2, 0) is 0 Å². The van der Waals surface area contributed by atoms with Crippen molar-refractivity contribution in [1.82, 2.24) is 4.98 Å². The third-order valence-corrected chi connectivity index (χ3v) is 9.41. The van der Waals surface area contributed by atoms with Crippen molar-refractivity contribution in [2.45, 2.75) is 12.3 Å². The molecule has 3 heteroatoms. The van der Waals surface area contributed by atoms with Crippen LogP contribution in [0.2, 0.25) is 0 Å². The van der Waals surface area contributed by atoms with Crippen molar-refractivity contribution < 1.29 is 4.42 Å². The molecule has 8 aromatic rings. The molecular formula is C45H32N2O. The van der Waals surface area contributed by atoms with Crippen molar-refractivity contribution in [1.29, 1.82) is 0 Å². The third kappa shape index (κ3) is 5.06. The highest BCUT2D eigenvalue weighted by Crippen LogP contribution is 2.42. The molecule has 9 rings (SSSR count). The van der Waals surface area contributed by atoms with Gasteiger partial charge in [-0.25, -0.2) is 0 Å². The van der Waals surface area contributed by atoms with Crippen LogP contribution < -0.4 is 4.90 Å². The first-order valence-corrected chi connectivity index (χ1v) is 16.5. The predicted molar refractivity (Wildman–Crippen MR) is 200 cm³/mol. The Kier molecular flexibility index (Phi) is 6.94. The first-order valence-electron chi connectivity index (χ1n) is 16.5. The van der Waals surface area contributed by atoms with Gasteiger partial charge in [-0.3, -0.25) is 4.90 Å². The minimum Gasteiger partial charge on any atom is -0.438 e. The van der Waals surface area contributed by atoms with E-state index in [0.717, 1.165) is 50.9 Å². The number of furan rings is 1. The number of pyridine rings is 1. The lowest BCUT2D eigenvalue weighted by Crippen LogP contribution is -2.12. The summed E-state index contributed by atoms with van der Waals surface area (Å²) >= 11 is 0. The lowest BCUT2D eigenvalue weighted by atomic mass is 9.92. The van der Waals surface area contributed by atoms with Crippen molar-refractivity contribution >= 4 is 50.0 Å². The zero-order chi connectivity index (χ0) is 31.9. The molecule has 0 amide bonds. The molecule has 1 aliphatic rings. The molecule has 0 bridgehead atoms. The average molecular weight is 617 g/mol. The maximum atomic E-state index is 6.44. The molecular weight excluding hydrogens is 585 g/mol. The minimum absolute atomic E-state index is 0.382. The van der Waals surface area contributed by atoms with E-state index in [-0.39, 0.29) is 0 Å². The number of rotatable bonds is 6. The summed E-state index contributed by atoms with van der Waals surface area (Å²) in [5.41, 5.74) is 9.53. The SMILES string of the molecule is C1=CCC(c2ccc(N(c3ccc(-c4ccccc4)c(-c4ccccc4)c3)c3ccc4c(n3)oc3cc5ccccc5cc34)cc2)C=C1. The summed E-state index contributed by atoms with van der Waals surface area (Å²) in [7, 11) is 0. The van der Waals surface area contributed by atoms with Gasteiger partial charge in [0.15, 0.2) is 0 Å². The molecule has 1 atom stereocenters. The van der Waals surface area contributed by atoms with Gasteiger partial charge in [-0.2, -0.15) is 4.98 Å². The number of nitrogens with zero attached hydrogens (tertiary/aromatic N) is 2. The number of benzene rings is 6. The van der Waals surface area contributed by atoms with E-state index < -0.39 is 0 Å². The molecule has 0 fully saturated rings. The monoisotopic (exact) mass is 616 g/mol. The van der Waals surface area contributed by atoms with Gasteiger partial charge >= 0.3 is 0 Å². The molecule has 48 heavy (non-hydrogen) atoms. The van der Waals surface area contributed by atoms with Crippen molar-refractivity contribution in [2.24, 2.45) is 0 Å². The number of aromatic nitrogens is 1. The standard InChI is InChI=1S/C45H32N2O/c1-4-12-31(13-5-1)32-20-22-37(23-21-32)47(38-24-25-39(33-14-6-2-7-15-33)41(30-38)34-16-8-3-9-17-34)44-27-26-40-42-28-35-18-10-11-19-36(35)29-43(42)48-45(40)46-44/h1-12,14-31H,13H2. The predicted octanol–water partition coefficient (Wildman–Crippen LogP) is 12.5. The van der Waals surface area contributed by atoms with Crippen LogP contribution in [0.4, 0.5) is 17.2 Å². The first kappa shape index (κ1) is 28.1. The molecule has 0 radical (unpaired) electrons. The summed E-state index contributed by atoms with van der Waals surface area (Å²) in [6, 6.07) is 53.9. The zero-order valence-electron chi connectivity index (χ0n) is 26.3. The minimum atomic E-state index is 0.382. The number of allylic oxidation sites excluding steroid dienone is 4. The molecule has 0 saturated carbocycles. The van der Waals surface area contributed by atoms with Gasteiger partial charge < -0.3 is 4.42 Å². The Balaban J connectivity index is 1.22. The van der Waals surface area contributed by atoms with Crippen LogP contribution in [0.15, 0.2) is 180 Å². The van der Waals surface area contributed by atoms with Gasteiger partial charge in [0.05, 0.1) is 0 Å². The van der Waals surface area contributed by atoms with Gasteiger partial charge in [0.2, 0.25) is 5.71 Å². The molecule has 1 unspecified atom stereocenters. The Bertz CT molecular complexity index is 2470. The van der Waals surface area contributed by atoms with Crippen molar-refractivity contribution in [3.63, 3.8) is 0 Å². The maximum absolute atomic E-state index is 6.44. The largest absolute Gasteiger partial charge is 0.438 e. The molecule has 0 spiro atoms. The van der Waals surface area contributed by atoms with Crippen molar-refractivity contribution in [3.8, 4) is 22.3 Å².